The minimum atomic E-state index is -4.80. The number of pyridine rings is 1. The Labute approximate surface area is 174 Å². The van der Waals surface area contributed by atoms with E-state index in [2.05, 4.69) is 9.98 Å². The van der Waals surface area contributed by atoms with Crippen LogP contribution in [-0.4, -0.2) is 39.2 Å². The summed E-state index contributed by atoms with van der Waals surface area (Å²) in [6, 6.07) is 0.443. The van der Waals surface area contributed by atoms with Gasteiger partial charge >= 0.3 is 6.18 Å². The molecular weight excluding hydrogens is 397 g/mol. The van der Waals surface area contributed by atoms with E-state index in [1.54, 1.807) is 17.2 Å². The zero-order chi connectivity index (χ0) is 22.5. The van der Waals surface area contributed by atoms with E-state index in [4.69, 9.17) is 5.73 Å². The number of aliphatic imine (C=N–C) groups is 1. The molecule has 0 aliphatic carbocycles. The third kappa shape index (κ3) is 5.01. The monoisotopic (exact) mass is 424 g/mol. The second-order valence-electron chi connectivity index (χ2n) is 7.01. The number of alkyl halides is 3. The second kappa shape index (κ2) is 9.77. The number of likely N-dealkylation sites (tertiary alicyclic amines) is 1. The van der Waals surface area contributed by atoms with E-state index >= 15 is 0 Å². The Morgan fingerprint density at radius 3 is 2.67 bits per heavy atom. The molecule has 0 radical (unpaired) electrons. The van der Waals surface area contributed by atoms with Crippen LogP contribution in [0.1, 0.15) is 62.5 Å². The van der Waals surface area contributed by atoms with Crippen molar-refractivity contribution >= 4 is 11.6 Å². The fourth-order valence-corrected chi connectivity index (χ4v) is 3.59. The van der Waals surface area contributed by atoms with Gasteiger partial charge in [-0.2, -0.15) is 13.2 Å². The first-order valence-corrected chi connectivity index (χ1v) is 9.89. The van der Waals surface area contributed by atoms with Crippen molar-refractivity contribution in [1.29, 1.82) is 0 Å². The summed E-state index contributed by atoms with van der Waals surface area (Å²) in [5.41, 5.74) is 7.06. The molecule has 1 saturated heterocycles. The molecule has 9 heteroatoms. The van der Waals surface area contributed by atoms with Crippen molar-refractivity contribution in [3.05, 3.63) is 47.1 Å². The Morgan fingerprint density at radius 2 is 2.13 bits per heavy atom. The molecule has 1 unspecified atom stereocenters. The topological polar surface area (TPSA) is 91.8 Å². The molecule has 1 atom stereocenters. The number of hydrogen-bond acceptors (Lipinski definition) is 5. The summed E-state index contributed by atoms with van der Waals surface area (Å²) in [6.07, 6.45) is 2.02. The maximum Gasteiger partial charge on any atom is 0.437 e. The Balaban J connectivity index is 2.45. The van der Waals surface area contributed by atoms with Gasteiger partial charge in [-0.1, -0.05) is 26.3 Å². The summed E-state index contributed by atoms with van der Waals surface area (Å²) in [4.78, 5) is 22.4. The number of amides is 1. The number of allylic oxidation sites excluding steroid dienone is 2. The van der Waals surface area contributed by atoms with Gasteiger partial charge in [0.05, 0.1) is 11.6 Å². The lowest BCUT2D eigenvalue weighted by atomic mass is 9.88. The minimum Gasteiger partial charge on any atom is -0.506 e. The van der Waals surface area contributed by atoms with Gasteiger partial charge in [0.1, 0.15) is 5.75 Å². The highest BCUT2D eigenvalue weighted by molar-refractivity contribution is 6.05. The lowest BCUT2D eigenvalue weighted by Crippen LogP contribution is -2.48. The molecule has 3 N–H and O–H groups in total. The van der Waals surface area contributed by atoms with E-state index < -0.39 is 23.5 Å². The van der Waals surface area contributed by atoms with Gasteiger partial charge in [0.15, 0.2) is 5.69 Å². The summed E-state index contributed by atoms with van der Waals surface area (Å²) in [7, 11) is 0. The molecule has 1 aliphatic heterocycles. The summed E-state index contributed by atoms with van der Waals surface area (Å²) >= 11 is 0. The van der Waals surface area contributed by atoms with E-state index in [1.165, 1.54) is 0 Å². The Bertz CT molecular complexity index is 875. The number of nitrogens with zero attached hydrogens (tertiary/aromatic N) is 3. The fourth-order valence-electron chi connectivity index (χ4n) is 3.59. The number of halogens is 3. The molecule has 0 bridgehead atoms. The van der Waals surface area contributed by atoms with Gasteiger partial charge in [0, 0.05) is 42.3 Å². The van der Waals surface area contributed by atoms with Crippen molar-refractivity contribution in [2.24, 2.45) is 10.7 Å². The third-order valence-corrected chi connectivity index (χ3v) is 4.89. The van der Waals surface area contributed by atoms with Gasteiger partial charge in [-0.15, -0.1) is 0 Å². The number of rotatable bonds is 5. The van der Waals surface area contributed by atoms with Crippen molar-refractivity contribution in [1.82, 2.24) is 9.88 Å². The zero-order valence-corrected chi connectivity index (χ0v) is 17.3. The lowest BCUT2D eigenvalue weighted by molar-refractivity contribution is -0.142. The Hall–Kier alpha value is -2.84. The van der Waals surface area contributed by atoms with Crippen molar-refractivity contribution in [2.45, 2.75) is 58.7 Å². The summed E-state index contributed by atoms with van der Waals surface area (Å²) in [5.74, 6) is -1.58. The number of nitrogens with two attached hydrogens (primary N) is 1. The SMILES string of the molecule is C/C=C/N=C1\CCN(C(=O)c2cnc(C(F)(F)F)c(O)c2)C(CC)\C1=C(\N)CCC. The molecular formula is C21H27F3N4O2. The summed E-state index contributed by atoms with van der Waals surface area (Å²) < 4.78 is 38.6. The molecule has 1 aromatic rings. The normalized spacial score (nSPS) is 20.8. The van der Waals surface area contributed by atoms with Crippen molar-refractivity contribution < 1.29 is 23.1 Å². The van der Waals surface area contributed by atoms with Crippen LogP contribution < -0.4 is 5.73 Å². The lowest BCUT2D eigenvalue weighted by Gasteiger charge is -2.39. The van der Waals surface area contributed by atoms with Gasteiger partial charge < -0.3 is 15.7 Å². The van der Waals surface area contributed by atoms with Crippen LogP contribution >= 0.6 is 0 Å². The molecule has 1 fully saturated rings. The molecule has 2 heterocycles. The van der Waals surface area contributed by atoms with Gasteiger partial charge in [-0.05, 0) is 25.8 Å². The summed E-state index contributed by atoms with van der Waals surface area (Å²) in [6.45, 7) is 6.09. The number of aromatic nitrogens is 1. The van der Waals surface area contributed by atoms with E-state index in [0.717, 1.165) is 30.0 Å². The smallest absolute Gasteiger partial charge is 0.437 e. The number of aromatic hydroxyl groups is 1. The molecule has 0 saturated carbocycles. The number of hydrogen-bond donors (Lipinski definition) is 2. The average molecular weight is 424 g/mol. The van der Waals surface area contributed by atoms with E-state index in [9.17, 15) is 23.1 Å². The van der Waals surface area contributed by atoms with Crippen LogP contribution in [0.4, 0.5) is 13.2 Å². The van der Waals surface area contributed by atoms with E-state index in [1.807, 2.05) is 20.8 Å². The average Bonchev–Trinajstić information content (AvgIpc) is 2.69. The molecule has 1 aliphatic rings. The first-order chi connectivity index (χ1) is 14.1. The van der Waals surface area contributed by atoms with Crippen LogP contribution in [0, 0.1) is 0 Å². The predicted octanol–water partition coefficient (Wildman–Crippen LogP) is 4.42. The van der Waals surface area contributed by atoms with Crippen molar-refractivity contribution in [2.75, 3.05) is 6.54 Å². The van der Waals surface area contributed by atoms with Crippen LogP contribution in [0.25, 0.3) is 0 Å². The van der Waals surface area contributed by atoms with Gasteiger partial charge in [-0.3, -0.25) is 9.79 Å². The maximum atomic E-state index is 13.1. The Morgan fingerprint density at radius 1 is 1.43 bits per heavy atom. The molecule has 2 rings (SSSR count). The standard InChI is InChI=1S/C21H27F3N4O2/c1-4-7-14(25)18-15(26-9-5-2)8-10-28(16(18)6-3)20(30)13-11-17(29)19(27-12-13)21(22,23)24/h5,9,11-12,16,29H,4,6-8,10,25H2,1-3H3/b9-5+,18-14+,26-15+. The van der Waals surface area contributed by atoms with Crippen molar-refractivity contribution in [3.63, 3.8) is 0 Å². The quantitative estimate of drug-likeness (QED) is 0.732. The predicted molar refractivity (Wildman–Crippen MR) is 109 cm³/mol. The molecule has 0 spiro atoms. The van der Waals surface area contributed by atoms with Gasteiger partial charge in [-0.25, -0.2) is 4.98 Å². The number of piperidine rings is 1. The van der Waals surface area contributed by atoms with Crippen LogP contribution in [0.2, 0.25) is 0 Å². The van der Waals surface area contributed by atoms with Crippen molar-refractivity contribution in [3.8, 4) is 5.75 Å². The largest absolute Gasteiger partial charge is 0.506 e. The third-order valence-electron chi connectivity index (χ3n) is 4.89. The van der Waals surface area contributed by atoms with Crippen LogP contribution in [0.15, 0.2) is 40.8 Å². The highest BCUT2D eigenvalue weighted by atomic mass is 19.4. The first-order valence-electron chi connectivity index (χ1n) is 9.89. The zero-order valence-electron chi connectivity index (χ0n) is 17.3. The molecule has 164 valence electrons. The second-order valence-corrected chi connectivity index (χ2v) is 7.01. The Kier molecular flexibility index (Phi) is 7.64. The molecule has 6 nitrogen and oxygen atoms in total. The van der Waals surface area contributed by atoms with E-state index in [-0.39, 0.29) is 11.6 Å². The molecule has 0 aromatic carbocycles. The van der Waals surface area contributed by atoms with Gasteiger partial charge in [0.2, 0.25) is 0 Å². The summed E-state index contributed by atoms with van der Waals surface area (Å²) in [5, 5.41) is 9.74. The number of carbonyl (C=O) groups excluding carboxylic acids is 1. The van der Waals surface area contributed by atoms with Crippen LogP contribution in [0.5, 0.6) is 5.75 Å². The number of carbonyl (C=O) groups is 1. The minimum absolute atomic E-state index is 0.110. The highest BCUT2D eigenvalue weighted by Gasteiger charge is 2.38. The van der Waals surface area contributed by atoms with Crippen LogP contribution in [-0.2, 0) is 6.18 Å². The first kappa shape index (κ1) is 23.4. The molecule has 30 heavy (non-hydrogen) atoms. The maximum absolute atomic E-state index is 13.1. The van der Waals surface area contributed by atoms with Gasteiger partial charge in [0.25, 0.3) is 5.91 Å². The van der Waals surface area contributed by atoms with Crippen LogP contribution in [0.3, 0.4) is 0 Å². The molecule has 1 aromatic heterocycles. The van der Waals surface area contributed by atoms with E-state index in [0.29, 0.717) is 31.5 Å². The fraction of sp³-hybridized carbons (Fsp3) is 0.476. The molecule has 1 amide bonds. The highest BCUT2D eigenvalue weighted by Crippen LogP contribution is 2.35.